The second-order valence-corrected chi connectivity index (χ2v) is 5.08. The molecule has 0 aliphatic heterocycles. The molecule has 0 aliphatic rings. The molecule has 1 nitrogen and oxygen atoms in total. The van der Waals surface area contributed by atoms with Crippen molar-refractivity contribution in [1.29, 1.82) is 0 Å². The van der Waals surface area contributed by atoms with Crippen molar-refractivity contribution in [2.45, 2.75) is 25.1 Å². The first-order chi connectivity index (χ1) is 6.66. The second-order valence-electron chi connectivity index (χ2n) is 3.26. The summed E-state index contributed by atoms with van der Waals surface area (Å²) in [5.41, 5.74) is 7.09. The van der Waals surface area contributed by atoms with Gasteiger partial charge in [0.2, 0.25) is 0 Å². The van der Waals surface area contributed by atoms with Crippen LogP contribution in [-0.2, 0) is 0 Å². The molecule has 1 aromatic rings. The van der Waals surface area contributed by atoms with Crippen LogP contribution in [0.15, 0.2) is 24.3 Å². The van der Waals surface area contributed by atoms with Gasteiger partial charge in [0.1, 0.15) is 0 Å². The van der Waals surface area contributed by atoms with Gasteiger partial charge in [-0.3, -0.25) is 0 Å². The van der Waals surface area contributed by atoms with Gasteiger partial charge in [-0.05, 0) is 24.3 Å². The molecule has 1 rings (SSSR count). The summed E-state index contributed by atoms with van der Waals surface area (Å²) in [4.78, 5) is 0. The van der Waals surface area contributed by atoms with Crippen LogP contribution in [0.1, 0.15) is 24.7 Å². The van der Waals surface area contributed by atoms with Crippen LogP contribution >= 0.6 is 23.4 Å². The molecule has 0 saturated heterocycles. The van der Waals surface area contributed by atoms with Crippen molar-refractivity contribution in [2.24, 2.45) is 5.73 Å². The van der Waals surface area contributed by atoms with Crippen molar-refractivity contribution in [1.82, 2.24) is 0 Å². The van der Waals surface area contributed by atoms with Crippen LogP contribution < -0.4 is 5.73 Å². The van der Waals surface area contributed by atoms with E-state index in [2.05, 4.69) is 13.0 Å². The van der Waals surface area contributed by atoms with E-state index in [0.717, 1.165) is 16.3 Å². The number of thioether (sulfide) groups is 1. The van der Waals surface area contributed by atoms with Crippen molar-refractivity contribution < 1.29 is 0 Å². The molecule has 0 saturated carbocycles. The van der Waals surface area contributed by atoms with Gasteiger partial charge in [0.05, 0.1) is 0 Å². The molecule has 1 aromatic carbocycles. The van der Waals surface area contributed by atoms with Crippen LogP contribution in [0.2, 0.25) is 5.02 Å². The van der Waals surface area contributed by atoms with Gasteiger partial charge >= 0.3 is 0 Å². The number of hydrogen-bond acceptors (Lipinski definition) is 2. The topological polar surface area (TPSA) is 26.0 Å². The van der Waals surface area contributed by atoms with Crippen molar-refractivity contribution in [3.63, 3.8) is 0 Å². The lowest BCUT2D eigenvalue weighted by molar-refractivity contribution is 0.722. The predicted octanol–water partition coefficient (Wildman–Crippen LogP) is 3.48. The Kier molecular flexibility index (Phi) is 4.79. The Labute approximate surface area is 95.0 Å². The van der Waals surface area contributed by atoms with Gasteiger partial charge in [-0.2, -0.15) is 11.8 Å². The van der Waals surface area contributed by atoms with E-state index in [0.29, 0.717) is 5.25 Å². The molecule has 0 bridgehead atoms. The average Bonchev–Trinajstić information content (AvgIpc) is 2.15. The smallest absolute Gasteiger partial charge is 0.0460 e. The summed E-state index contributed by atoms with van der Waals surface area (Å²) in [6.07, 6.45) is 0. The first kappa shape index (κ1) is 11.9. The summed E-state index contributed by atoms with van der Waals surface area (Å²) < 4.78 is 0. The molecule has 3 heteroatoms. The lowest BCUT2D eigenvalue weighted by Gasteiger charge is -2.21. The second kappa shape index (κ2) is 5.64. The monoisotopic (exact) mass is 229 g/mol. The fraction of sp³-hybridized carbons (Fsp3) is 0.455. The van der Waals surface area contributed by atoms with Crippen LogP contribution in [0.5, 0.6) is 0 Å². The fourth-order valence-corrected chi connectivity index (χ4v) is 2.78. The average molecular weight is 230 g/mol. The zero-order chi connectivity index (χ0) is 10.6. The largest absolute Gasteiger partial charge is 0.327 e. The third-order valence-corrected chi connectivity index (χ3v) is 3.76. The molecular weight excluding hydrogens is 214 g/mol. The Morgan fingerprint density at radius 2 is 2.07 bits per heavy atom. The first-order valence-electron chi connectivity index (χ1n) is 4.78. The quantitative estimate of drug-likeness (QED) is 0.856. The normalized spacial score (nSPS) is 15.1. The molecule has 0 fully saturated rings. The van der Waals surface area contributed by atoms with Crippen molar-refractivity contribution in [3.05, 3.63) is 34.9 Å². The maximum Gasteiger partial charge on any atom is 0.0460 e. The molecule has 0 spiro atoms. The minimum absolute atomic E-state index is 0.125. The number of halogens is 1. The first-order valence-corrected chi connectivity index (χ1v) is 6.21. The Balaban J connectivity index is 2.93. The third kappa shape index (κ3) is 2.91. The molecule has 2 unspecified atom stereocenters. The highest BCUT2D eigenvalue weighted by atomic mass is 35.5. The van der Waals surface area contributed by atoms with Gasteiger partial charge < -0.3 is 5.73 Å². The summed E-state index contributed by atoms with van der Waals surface area (Å²) in [6, 6.07) is 8.05. The van der Waals surface area contributed by atoms with Gasteiger partial charge in [-0.1, -0.05) is 36.7 Å². The van der Waals surface area contributed by atoms with Crippen molar-refractivity contribution >= 4 is 23.4 Å². The number of nitrogens with two attached hydrogens (primary N) is 1. The van der Waals surface area contributed by atoms with Gasteiger partial charge in [-0.15, -0.1) is 0 Å². The minimum atomic E-state index is 0.125. The molecule has 0 radical (unpaired) electrons. The Hall–Kier alpha value is -0.180. The highest BCUT2D eigenvalue weighted by molar-refractivity contribution is 7.99. The summed E-state index contributed by atoms with van der Waals surface area (Å²) in [5.74, 6) is 1.05. The highest BCUT2D eigenvalue weighted by Gasteiger charge is 2.17. The highest BCUT2D eigenvalue weighted by Crippen LogP contribution is 2.35. The Morgan fingerprint density at radius 3 is 2.57 bits per heavy atom. The van der Waals surface area contributed by atoms with Crippen LogP contribution in [-0.4, -0.2) is 11.8 Å². The molecular formula is C11H16ClNS. The SMILES string of the molecule is CCSC(c1ccccc1Cl)C(C)N. The summed E-state index contributed by atoms with van der Waals surface area (Å²) in [5, 5.41) is 1.12. The predicted molar refractivity (Wildman–Crippen MR) is 66.0 cm³/mol. The maximum atomic E-state index is 6.13. The van der Waals surface area contributed by atoms with Crippen LogP contribution in [0.4, 0.5) is 0 Å². The molecule has 78 valence electrons. The molecule has 2 atom stereocenters. The van der Waals surface area contributed by atoms with Gasteiger partial charge in [-0.25, -0.2) is 0 Å². The minimum Gasteiger partial charge on any atom is -0.327 e. The summed E-state index contributed by atoms with van der Waals surface area (Å²) in [6.45, 7) is 4.16. The Morgan fingerprint density at radius 1 is 1.43 bits per heavy atom. The number of hydrogen-bond donors (Lipinski definition) is 1. The van der Waals surface area contributed by atoms with Gasteiger partial charge in [0, 0.05) is 16.3 Å². The van der Waals surface area contributed by atoms with Gasteiger partial charge in [0.25, 0.3) is 0 Å². The van der Waals surface area contributed by atoms with E-state index in [-0.39, 0.29) is 6.04 Å². The van der Waals surface area contributed by atoms with E-state index < -0.39 is 0 Å². The van der Waals surface area contributed by atoms with E-state index in [1.807, 2.05) is 36.9 Å². The molecule has 14 heavy (non-hydrogen) atoms. The van der Waals surface area contributed by atoms with Gasteiger partial charge in [0.15, 0.2) is 0 Å². The molecule has 2 N–H and O–H groups in total. The van der Waals surface area contributed by atoms with Crippen LogP contribution in [0.3, 0.4) is 0 Å². The Bertz CT molecular complexity index is 288. The summed E-state index contributed by atoms with van der Waals surface area (Å²) >= 11 is 7.97. The molecule has 0 aromatic heterocycles. The lowest BCUT2D eigenvalue weighted by atomic mass is 10.1. The van der Waals surface area contributed by atoms with E-state index in [1.54, 1.807) is 0 Å². The number of rotatable bonds is 4. The van der Waals surface area contributed by atoms with Crippen molar-refractivity contribution in [2.75, 3.05) is 5.75 Å². The van der Waals surface area contributed by atoms with Crippen LogP contribution in [0, 0.1) is 0 Å². The standard InChI is InChI=1S/C11H16ClNS/c1-3-14-11(8(2)13)9-6-4-5-7-10(9)12/h4-8,11H,3,13H2,1-2H3. The van der Waals surface area contributed by atoms with E-state index in [1.165, 1.54) is 0 Å². The third-order valence-electron chi connectivity index (χ3n) is 2.04. The van der Waals surface area contributed by atoms with Crippen LogP contribution in [0.25, 0.3) is 0 Å². The molecule has 0 amide bonds. The summed E-state index contributed by atoms with van der Waals surface area (Å²) in [7, 11) is 0. The zero-order valence-corrected chi connectivity index (χ0v) is 10.1. The fourth-order valence-electron chi connectivity index (χ4n) is 1.41. The number of benzene rings is 1. The lowest BCUT2D eigenvalue weighted by Crippen LogP contribution is -2.23. The molecule has 0 aliphatic carbocycles. The zero-order valence-electron chi connectivity index (χ0n) is 8.53. The van der Waals surface area contributed by atoms with Crippen molar-refractivity contribution in [3.8, 4) is 0 Å². The van der Waals surface area contributed by atoms with E-state index in [9.17, 15) is 0 Å². The molecule has 0 heterocycles. The van der Waals surface area contributed by atoms with E-state index >= 15 is 0 Å². The maximum absolute atomic E-state index is 6.13. The van der Waals surface area contributed by atoms with E-state index in [4.69, 9.17) is 17.3 Å².